The van der Waals surface area contributed by atoms with Crippen molar-refractivity contribution in [2.24, 2.45) is 44.8 Å². The quantitative estimate of drug-likeness (QED) is 0.0248. The summed E-state index contributed by atoms with van der Waals surface area (Å²) < 4.78 is 37.7. The number of methoxy groups -OCH3 is 3. The van der Waals surface area contributed by atoms with Crippen LogP contribution in [0.15, 0.2) is 148 Å². The Morgan fingerprint density at radius 1 is 0.400 bits per heavy atom. The fraction of sp³-hybridized carbons (Fsp3) is 0.474. The number of piperidine rings is 9. The molecule has 19 rings (SSSR count). The zero-order valence-electron chi connectivity index (χ0n) is 87.9. The molecule has 13 heterocycles. The number of anilines is 6. The molecule has 7 N–H and O–H groups in total. The lowest BCUT2D eigenvalue weighted by Crippen LogP contribution is -2.48. The Kier molecular flexibility index (Phi) is 34.4. The lowest BCUT2D eigenvalue weighted by molar-refractivity contribution is -0.138. The van der Waals surface area contributed by atoms with Gasteiger partial charge in [-0.2, -0.15) is 5.10 Å². The molecule has 0 bridgehead atoms. The van der Waals surface area contributed by atoms with E-state index in [1.807, 2.05) is 148 Å². The molecule has 0 saturated carbocycles. The molecule has 9 fully saturated rings. The van der Waals surface area contributed by atoms with Crippen molar-refractivity contribution in [3.8, 4) is 50.6 Å². The lowest BCUT2D eigenvalue weighted by atomic mass is 9.78. The molecule has 33 nitrogen and oxygen atoms in total. The van der Waals surface area contributed by atoms with Crippen molar-refractivity contribution in [3.63, 3.8) is 0 Å². The highest BCUT2D eigenvalue weighted by molar-refractivity contribution is 6.32. The number of rotatable bonds is 26. The first-order valence-corrected chi connectivity index (χ1v) is 53.4. The van der Waals surface area contributed by atoms with Gasteiger partial charge >= 0.3 is 0 Å². The van der Waals surface area contributed by atoms with Crippen molar-refractivity contribution in [3.05, 3.63) is 220 Å². The molecule has 10 aromatic rings. The fourth-order valence-corrected chi connectivity index (χ4v) is 23.7. The molecule has 3 unspecified atom stereocenters. The average Bonchev–Trinajstić information content (AvgIpc) is 1.24. The fourth-order valence-electron chi connectivity index (χ4n) is 23.1. The van der Waals surface area contributed by atoms with Crippen LogP contribution in [0, 0.1) is 57.2 Å². The van der Waals surface area contributed by atoms with E-state index in [-0.39, 0.29) is 99.7 Å². The molecule has 3 atom stereocenters. The number of H-pyrrole nitrogens is 1. The van der Waals surface area contributed by atoms with Crippen LogP contribution in [0.3, 0.4) is 0 Å². The number of fused-ring (bicyclic) bond motifs is 1. The molecule has 150 heavy (non-hydrogen) atoms. The van der Waals surface area contributed by atoms with Gasteiger partial charge in [-0.3, -0.25) is 88.5 Å². The van der Waals surface area contributed by atoms with Crippen molar-refractivity contribution >= 4 is 115 Å². The Bertz CT molecular complexity index is 6580. The number of pyridine rings is 3. The third-order valence-corrected chi connectivity index (χ3v) is 33.4. The van der Waals surface area contributed by atoms with Gasteiger partial charge in [0, 0.05) is 276 Å². The molecule has 4 aromatic heterocycles. The number of nitrogens with zero attached hydrogens (tertiary/aromatic N) is 12. The highest BCUT2D eigenvalue weighted by atomic mass is 35.5. The minimum absolute atomic E-state index is 0.00523. The molecule has 8 amide bonds. The largest absolute Gasteiger partial charge is 0.496 e. The van der Waals surface area contributed by atoms with E-state index in [1.54, 1.807) is 70.9 Å². The maximum absolute atomic E-state index is 15.7. The molecule has 9 aliphatic rings. The number of hydrogen-bond donors (Lipinski definition) is 7. The van der Waals surface area contributed by atoms with Gasteiger partial charge in [-0.05, 0) is 286 Å². The molecule has 9 saturated heterocycles. The van der Waals surface area contributed by atoms with Crippen molar-refractivity contribution in [1.82, 2.24) is 64.3 Å². The maximum atomic E-state index is 15.7. The number of nitrogens with one attached hydrogen (secondary N) is 7. The van der Waals surface area contributed by atoms with E-state index in [4.69, 9.17) is 37.4 Å². The summed E-state index contributed by atoms with van der Waals surface area (Å²) in [5.74, 6) is 2.03. The van der Waals surface area contributed by atoms with Crippen LogP contribution in [-0.2, 0) is 79.1 Å². The monoisotopic (exact) mass is 2090 g/mol. The van der Waals surface area contributed by atoms with Gasteiger partial charge in [-0.1, -0.05) is 23.2 Å². The average molecular weight is 2090 g/mol. The predicted octanol–water partition coefficient (Wildman–Crippen LogP) is 14.2. The van der Waals surface area contributed by atoms with Crippen LogP contribution < -0.4 is 77.5 Å². The first kappa shape index (κ1) is 108. The number of benzene rings is 6. The molecule has 6 aromatic carbocycles. The molecule has 9 aliphatic heterocycles. The highest BCUT2D eigenvalue weighted by Gasteiger charge is 2.39. The zero-order chi connectivity index (χ0) is 106. The summed E-state index contributed by atoms with van der Waals surface area (Å²) >= 11 is 13.8. The van der Waals surface area contributed by atoms with Crippen LogP contribution in [0.5, 0.6) is 17.2 Å². The topological polar surface area (TPSA) is 357 Å². The first-order chi connectivity index (χ1) is 72.1. The number of carbonyl (C=O) groups excluding carboxylic acids is 8. The number of imide groups is 3. The third kappa shape index (κ3) is 24.7. The highest BCUT2D eigenvalue weighted by Crippen LogP contribution is 2.43. The van der Waals surface area contributed by atoms with E-state index >= 15 is 4.39 Å². The summed E-state index contributed by atoms with van der Waals surface area (Å²) in [4.78, 5) is 153. The number of amides is 8. The molecule has 36 heteroatoms. The van der Waals surface area contributed by atoms with E-state index in [0.717, 1.165) is 249 Å². The Morgan fingerprint density at radius 2 is 0.713 bits per heavy atom. The van der Waals surface area contributed by atoms with Gasteiger partial charge in [0.2, 0.25) is 47.3 Å². The lowest BCUT2D eigenvalue weighted by Gasteiger charge is -2.41. The van der Waals surface area contributed by atoms with Crippen LogP contribution >= 0.6 is 23.2 Å². The summed E-state index contributed by atoms with van der Waals surface area (Å²) in [6.45, 7) is 19.8. The molecule has 0 spiro atoms. The SMILES string of the molecule is COc1cc(-c2cn(C)c(=O)c(C)c2C)cc(Cl)c1CN1CCC(N(C)C(=O)C2CCN(c3ccc(NC4CCC(=O)NC4=O)cc3)CC2)CC1.COc1cc(-c2cn(C)c(=O)c(C)c2C)cc(F)c1CN1CCC(N(C)C(=O)C2CCN(c3ccc(NC4CCC(=O)NC4=O)cc3)CC2)CC1.COc1cc(-c2cn(C)c(=O)c3[nH]ncc23)cc(Cl)c1CN1CCC(C2CCN(c3ccc(NC4CCC(=O)NC4=O)cc3)CC2)CC1. The number of likely N-dealkylation sites (tertiary alicyclic amines) is 3. The Balaban J connectivity index is 0.000000153. The predicted molar refractivity (Wildman–Crippen MR) is 583 cm³/mol. The number of aromatic amines is 1. The van der Waals surface area contributed by atoms with Gasteiger partial charge in [0.25, 0.3) is 16.7 Å². The zero-order valence-corrected chi connectivity index (χ0v) is 89.5. The molecule has 0 radical (unpaired) electrons. The van der Waals surface area contributed by atoms with Gasteiger partial charge in [0.1, 0.15) is 46.7 Å². The summed E-state index contributed by atoms with van der Waals surface area (Å²) in [5.41, 5.74) is 16.9. The second kappa shape index (κ2) is 47.8. The normalized spacial score (nSPS) is 19.4. The van der Waals surface area contributed by atoms with Gasteiger partial charge < -0.3 is 68.4 Å². The minimum atomic E-state index is -0.419. The molecular weight excluding hydrogens is 1950 g/mol. The number of halogens is 3. The summed E-state index contributed by atoms with van der Waals surface area (Å²) in [6.07, 6.45) is 21.0. The standard InChI is InChI=1S/C39H49ClN6O5.C39H49FN6O5.C36H42ClN7O4/c2*1-24-25(2)38(49)43(3)22-31(24)27-20-33(40)32(35(21-27)51-5)23-45-16-14-29(15-17-45)44(4)39(50)26-12-18-46(19-13-26)30-8-6-28(7-9-30)41-34-10-11-36(47)42-37(34)48;1-42-20-28(27-19-38-41-34(27)36(42)47)24-17-30(37)29(32(18-24)48-2)21-43-13-9-22(10-14-43)23-11-15-44(16-12-23)26-5-3-25(4-6-26)39-31-7-8-33(45)40-35(31)46/h2*6-9,20-22,26,29,34,41H,10-19,23H2,1-5H3,(H,42,47,48);3-6,17-20,22-23,31,39H,7-16,21H2,1-2H3,(H,38,41)(H,40,45,46). The third-order valence-electron chi connectivity index (χ3n) is 32.7. The number of hydrogen-bond acceptors (Lipinski definition) is 24. The van der Waals surface area contributed by atoms with Gasteiger partial charge in [0.05, 0.1) is 27.5 Å². The van der Waals surface area contributed by atoms with Gasteiger partial charge in [-0.25, -0.2) is 4.39 Å². The Morgan fingerprint density at radius 3 is 1.07 bits per heavy atom. The van der Waals surface area contributed by atoms with E-state index < -0.39 is 12.1 Å². The van der Waals surface area contributed by atoms with Crippen LogP contribution in [0.4, 0.5) is 38.5 Å². The molecular formula is C114H140Cl2FN19O14. The minimum Gasteiger partial charge on any atom is -0.496 e. The van der Waals surface area contributed by atoms with Crippen LogP contribution in [-0.4, -0.2) is 240 Å². The summed E-state index contributed by atoms with van der Waals surface area (Å²) in [5, 5.41) is 25.8. The second-order valence-corrected chi connectivity index (χ2v) is 42.7. The van der Waals surface area contributed by atoms with Crippen molar-refractivity contribution in [2.75, 3.05) is 145 Å². The van der Waals surface area contributed by atoms with Crippen molar-refractivity contribution < 1.29 is 57.0 Å². The second-order valence-electron chi connectivity index (χ2n) is 41.9. The van der Waals surface area contributed by atoms with E-state index in [0.29, 0.717) is 89.6 Å². The van der Waals surface area contributed by atoms with Crippen LogP contribution in [0.2, 0.25) is 10.0 Å². The van der Waals surface area contributed by atoms with Crippen LogP contribution in [0.25, 0.3) is 44.3 Å². The van der Waals surface area contributed by atoms with Gasteiger partial charge in [-0.15, -0.1) is 0 Å². The van der Waals surface area contributed by atoms with Gasteiger partial charge in [0.15, 0.2) is 0 Å². The number of ether oxygens (including phenoxy) is 3. The smallest absolute Gasteiger partial charge is 0.276 e. The summed E-state index contributed by atoms with van der Waals surface area (Å²) in [6, 6.07) is 34.8. The summed E-state index contributed by atoms with van der Waals surface area (Å²) in [7, 11) is 14.0. The number of aryl methyl sites for hydroxylation is 3. The maximum Gasteiger partial charge on any atom is 0.276 e. The van der Waals surface area contributed by atoms with E-state index in [9.17, 15) is 52.7 Å². The van der Waals surface area contributed by atoms with E-state index in [1.165, 1.54) is 42.0 Å². The first-order valence-electron chi connectivity index (χ1n) is 52.7. The number of aromatic nitrogens is 5. The van der Waals surface area contributed by atoms with E-state index in [2.05, 4.69) is 83.6 Å². The van der Waals surface area contributed by atoms with Crippen molar-refractivity contribution in [1.29, 1.82) is 0 Å². The Labute approximate surface area is 884 Å². The van der Waals surface area contributed by atoms with Crippen molar-refractivity contribution in [2.45, 2.75) is 193 Å². The number of carbonyl (C=O) groups is 8. The molecule has 796 valence electrons. The van der Waals surface area contributed by atoms with Crippen LogP contribution in [0.1, 0.15) is 155 Å². The Hall–Kier alpha value is -13.4. The molecule has 0 aliphatic carbocycles.